The third-order valence-electron chi connectivity index (χ3n) is 3.61. The zero-order valence-corrected chi connectivity index (χ0v) is 14.1. The van der Waals surface area contributed by atoms with E-state index in [0.717, 1.165) is 5.69 Å². The van der Waals surface area contributed by atoms with E-state index in [9.17, 15) is 9.18 Å². The Morgan fingerprint density at radius 2 is 1.92 bits per heavy atom. The number of thiazole rings is 1. The van der Waals surface area contributed by atoms with Gasteiger partial charge in [-0.25, -0.2) is 9.37 Å². The van der Waals surface area contributed by atoms with E-state index in [1.54, 1.807) is 24.4 Å². The van der Waals surface area contributed by atoms with E-state index in [1.807, 2.05) is 23.6 Å². The summed E-state index contributed by atoms with van der Waals surface area (Å²) in [4.78, 5) is 21.0. The maximum absolute atomic E-state index is 13.0. The van der Waals surface area contributed by atoms with E-state index in [4.69, 9.17) is 0 Å². The second-order valence-corrected chi connectivity index (χ2v) is 6.24. The summed E-state index contributed by atoms with van der Waals surface area (Å²) < 4.78 is 13.0. The van der Waals surface area contributed by atoms with E-state index in [-0.39, 0.29) is 11.7 Å². The Labute approximate surface area is 151 Å². The molecule has 4 rings (SSSR count). The molecule has 128 valence electrons. The maximum Gasteiger partial charge on any atom is 0.275 e. The van der Waals surface area contributed by atoms with Gasteiger partial charge in [-0.1, -0.05) is 6.07 Å². The topological polar surface area (TPSA) is 83.6 Å². The van der Waals surface area contributed by atoms with Gasteiger partial charge < -0.3 is 0 Å². The highest BCUT2D eigenvalue weighted by Crippen LogP contribution is 2.24. The van der Waals surface area contributed by atoms with Crippen LogP contribution in [0.25, 0.3) is 22.6 Å². The second-order valence-electron chi connectivity index (χ2n) is 5.38. The standard InChI is InChI=1S/C18H12FN5OS/c19-12-6-4-11(5-7-12)14-9-15(24-23-14)17(25)22-18-21-16(10-26-18)13-3-1-2-8-20-13/h1-10H,(H,23,24)(H,21,22,25). The van der Waals surface area contributed by atoms with Crippen LogP contribution in [0.4, 0.5) is 9.52 Å². The average molecular weight is 365 g/mol. The number of anilines is 1. The number of pyridine rings is 1. The number of rotatable bonds is 4. The molecule has 1 aromatic carbocycles. The molecular formula is C18H12FN5OS. The smallest absolute Gasteiger partial charge is 0.275 e. The van der Waals surface area contributed by atoms with Gasteiger partial charge in [0.25, 0.3) is 5.91 Å². The third kappa shape index (κ3) is 3.35. The lowest BCUT2D eigenvalue weighted by Crippen LogP contribution is -2.12. The molecule has 1 amide bonds. The van der Waals surface area contributed by atoms with Crippen LogP contribution in [-0.2, 0) is 0 Å². The lowest BCUT2D eigenvalue weighted by molar-refractivity contribution is 0.102. The fourth-order valence-electron chi connectivity index (χ4n) is 2.33. The predicted molar refractivity (Wildman–Crippen MR) is 97.3 cm³/mol. The lowest BCUT2D eigenvalue weighted by Gasteiger charge is -1.98. The number of aromatic nitrogens is 4. The van der Waals surface area contributed by atoms with Crippen molar-refractivity contribution in [3.05, 3.63) is 71.6 Å². The minimum Gasteiger partial charge on any atom is -0.296 e. The van der Waals surface area contributed by atoms with E-state index in [2.05, 4.69) is 25.5 Å². The number of H-pyrrole nitrogens is 1. The van der Waals surface area contributed by atoms with Crippen molar-refractivity contribution in [2.75, 3.05) is 5.32 Å². The van der Waals surface area contributed by atoms with Crippen molar-refractivity contribution in [2.24, 2.45) is 0 Å². The van der Waals surface area contributed by atoms with Gasteiger partial charge in [0.05, 0.1) is 11.4 Å². The SMILES string of the molecule is O=C(Nc1nc(-c2ccccn2)cs1)c1cc(-c2ccc(F)cc2)n[nH]1. The van der Waals surface area contributed by atoms with Gasteiger partial charge in [-0.3, -0.25) is 20.2 Å². The van der Waals surface area contributed by atoms with Crippen LogP contribution in [0.1, 0.15) is 10.5 Å². The fraction of sp³-hybridized carbons (Fsp3) is 0. The number of hydrogen-bond donors (Lipinski definition) is 2. The van der Waals surface area contributed by atoms with Crippen LogP contribution in [0.15, 0.2) is 60.1 Å². The highest BCUT2D eigenvalue weighted by Gasteiger charge is 2.14. The fourth-order valence-corrected chi connectivity index (χ4v) is 3.03. The number of nitrogens with zero attached hydrogens (tertiary/aromatic N) is 3. The number of aromatic amines is 1. The lowest BCUT2D eigenvalue weighted by atomic mass is 10.1. The number of carbonyl (C=O) groups is 1. The Morgan fingerprint density at radius 1 is 1.08 bits per heavy atom. The van der Waals surface area contributed by atoms with Crippen molar-refractivity contribution in [3.63, 3.8) is 0 Å². The molecule has 3 aromatic heterocycles. The molecule has 4 aromatic rings. The van der Waals surface area contributed by atoms with Crippen LogP contribution >= 0.6 is 11.3 Å². The zero-order valence-electron chi connectivity index (χ0n) is 13.3. The van der Waals surface area contributed by atoms with Crippen molar-refractivity contribution < 1.29 is 9.18 Å². The van der Waals surface area contributed by atoms with Gasteiger partial charge in [-0.2, -0.15) is 5.10 Å². The minimum absolute atomic E-state index is 0.291. The number of nitrogens with one attached hydrogen (secondary N) is 2. The summed E-state index contributed by atoms with van der Waals surface area (Å²) in [5.41, 5.74) is 3.00. The normalized spacial score (nSPS) is 10.7. The summed E-state index contributed by atoms with van der Waals surface area (Å²) in [6, 6.07) is 13.1. The molecule has 0 aliphatic rings. The van der Waals surface area contributed by atoms with E-state index >= 15 is 0 Å². The number of hydrogen-bond acceptors (Lipinski definition) is 5. The van der Waals surface area contributed by atoms with E-state index in [0.29, 0.717) is 27.8 Å². The van der Waals surface area contributed by atoms with Crippen LogP contribution in [0, 0.1) is 5.82 Å². The maximum atomic E-state index is 13.0. The first kappa shape index (κ1) is 16.1. The molecule has 2 N–H and O–H groups in total. The molecule has 0 aliphatic carbocycles. The number of amides is 1. The largest absolute Gasteiger partial charge is 0.296 e. The molecule has 0 saturated carbocycles. The summed E-state index contributed by atoms with van der Waals surface area (Å²) in [6.07, 6.45) is 1.69. The molecule has 0 saturated heterocycles. The highest BCUT2D eigenvalue weighted by atomic mass is 32.1. The molecule has 0 fully saturated rings. The van der Waals surface area contributed by atoms with Gasteiger partial charge in [0, 0.05) is 17.1 Å². The Hall–Kier alpha value is -3.39. The van der Waals surface area contributed by atoms with Gasteiger partial charge in [0.1, 0.15) is 17.2 Å². The van der Waals surface area contributed by atoms with Crippen LogP contribution in [0.5, 0.6) is 0 Å². The first-order chi connectivity index (χ1) is 12.7. The molecule has 8 heteroatoms. The van der Waals surface area contributed by atoms with Crippen molar-refractivity contribution in [1.82, 2.24) is 20.2 Å². The number of halogens is 1. The van der Waals surface area contributed by atoms with Crippen LogP contribution in [-0.4, -0.2) is 26.1 Å². The Kier molecular flexibility index (Phi) is 4.24. The first-order valence-corrected chi connectivity index (χ1v) is 8.56. The Balaban J connectivity index is 1.49. The molecule has 0 spiro atoms. The quantitative estimate of drug-likeness (QED) is 0.573. The van der Waals surface area contributed by atoms with Crippen molar-refractivity contribution >= 4 is 22.4 Å². The molecule has 6 nitrogen and oxygen atoms in total. The van der Waals surface area contributed by atoms with Crippen molar-refractivity contribution in [3.8, 4) is 22.6 Å². The van der Waals surface area contributed by atoms with E-state index in [1.165, 1.54) is 23.5 Å². The molecule has 0 unspecified atom stereocenters. The molecule has 0 aliphatic heterocycles. The summed E-state index contributed by atoms with van der Waals surface area (Å²) in [6.45, 7) is 0. The Bertz CT molecular complexity index is 1040. The van der Waals surface area contributed by atoms with E-state index < -0.39 is 0 Å². The third-order valence-corrected chi connectivity index (χ3v) is 4.37. The van der Waals surface area contributed by atoms with Gasteiger partial charge in [-0.15, -0.1) is 11.3 Å². The summed E-state index contributed by atoms with van der Waals surface area (Å²) >= 11 is 1.31. The van der Waals surface area contributed by atoms with Gasteiger partial charge >= 0.3 is 0 Å². The monoisotopic (exact) mass is 365 g/mol. The van der Waals surface area contributed by atoms with Crippen LogP contribution < -0.4 is 5.32 Å². The van der Waals surface area contributed by atoms with Crippen molar-refractivity contribution in [2.45, 2.75) is 0 Å². The molecule has 0 radical (unpaired) electrons. The molecule has 3 heterocycles. The second kappa shape index (κ2) is 6.85. The van der Waals surface area contributed by atoms with Crippen molar-refractivity contribution in [1.29, 1.82) is 0 Å². The van der Waals surface area contributed by atoms with Gasteiger partial charge in [0.15, 0.2) is 5.13 Å². The zero-order chi connectivity index (χ0) is 17.9. The number of benzene rings is 1. The van der Waals surface area contributed by atoms with Gasteiger partial charge in [-0.05, 0) is 42.5 Å². The average Bonchev–Trinajstić information content (AvgIpc) is 3.33. The van der Waals surface area contributed by atoms with Crippen LogP contribution in [0.2, 0.25) is 0 Å². The highest BCUT2D eigenvalue weighted by molar-refractivity contribution is 7.14. The molecule has 26 heavy (non-hydrogen) atoms. The summed E-state index contributed by atoms with van der Waals surface area (Å²) in [7, 11) is 0. The van der Waals surface area contributed by atoms with Crippen LogP contribution in [0.3, 0.4) is 0 Å². The first-order valence-electron chi connectivity index (χ1n) is 7.69. The van der Waals surface area contributed by atoms with Gasteiger partial charge in [0.2, 0.25) is 0 Å². The number of carbonyl (C=O) groups excluding carboxylic acids is 1. The minimum atomic E-state index is -0.354. The summed E-state index contributed by atoms with van der Waals surface area (Å²) in [5.74, 6) is -0.678. The molecular weight excluding hydrogens is 353 g/mol. The molecule has 0 bridgehead atoms. The molecule has 0 atom stereocenters. The summed E-state index contributed by atoms with van der Waals surface area (Å²) in [5, 5.41) is 11.8. The Morgan fingerprint density at radius 3 is 2.69 bits per heavy atom. The predicted octanol–water partition coefficient (Wildman–Crippen LogP) is 3.99.